The Balaban J connectivity index is 1.90. The van der Waals surface area contributed by atoms with Gasteiger partial charge < -0.3 is 10.6 Å². The van der Waals surface area contributed by atoms with E-state index in [0.29, 0.717) is 5.91 Å². The van der Waals surface area contributed by atoms with E-state index in [2.05, 4.69) is 6.92 Å². The molecule has 86 valence electrons. The lowest BCUT2D eigenvalue weighted by Crippen LogP contribution is -2.42. The first-order chi connectivity index (χ1) is 7.22. The molecule has 2 N–H and O–H groups in total. The zero-order chi connectivity index (χ0) is 10.8. The van der Waals surface area contributed by atoms with Crippen LogP contribution in [0.15, 0.2) is 0 Å². The average molecular weight is 210 g/mol. The number of amides is 1. The molecule has 2 rings (SSSR count). The summed E-state index contributed by atoms with van der Waals surface area (Å²) in [4.78, 5) is 14.2. The Labute approximate surface area is 92.0 Å². The van der Waals surface area contributed by atoms with Crippen LogP contribution in [0.5, 0.6) is 0 Å². The summed E-state index contributed by atoms with van der Waals surface area (Å²) in [6.45, 7) is 3.89. The van der Waals surface area contributed by atoms with Crippen LogP contribution in [-0.2, 0) is 4.79 Å². The maximum Gasteiger partial charge on any atom is 0.227 e. The first-order valence-electron chi connectivity index (χ1n) is 6.26. The van der Waals surface area contributed by atoms with E-state index in [1.54, 1.807) is 0 Å². The molecule has 0 aliphatic heterocycles. The molecule has 2 aliphatic carbocycles. The molecular weight excluding hydrogens is 188 g/mol. The fourth-order valence-corrected chi connectivity index (χ4v) is 2.52. The maximum atomic E-state index is 12.2. The van der Waals surface area contributed by atoms with Crippen LogP contribution >= 0.6 is 0 Å². The summed E-state index contributed by atoms with van der Waals surface area (Å²) < 4.78 is 0. The van der Waals surface area contributed by atoms with Gasteiger partial charge in [-0.2, -0.15) is 0 Å². The van der Waals surface area contributed by atoms with Crippen molar-refractivity contribution in [3.63, 3.8) is 0 Å². The number of nitrogens with zero attached hydrogens (tertiary/aromatic N) is 1. The Morgan fingerprint density at radius 1 is 1.33 bits per heavy atom. The average Bonchev–Trinajstić information content (AvgIpc) is 2.95. The molecule has 0 saturated heterocycles. The lowest BCUT2D eigenvalue weighted by atomic mass is 10.0. The number of hydrogen-bond acceptors (Lipinski definition) is 2. The molecule has 2 unspecified atom stereocenters. The molecular formula is C12H22N2O. The van der Waals surface area contributed by atoms with Crippen molar-refractivity contribution in [1.82, 2.24) is 4.90 Å². The summed E-state index contributed by atoms with van der Waals surface area (Å²) in [6, 6.07) is 0.116. The molecule has 2 fully saturated rings. The normalized spacial score (nSPS) is 30.5. The molecule has 15 heavy (non-hydrogen) atoms. The van der Waals surface area contributed by atoms with Gasteiger partial charge in [-0.05, 0) is 38.5 Å². The van der Waals surface area contributed by atoms with Crippen LogP contribution in [0.1, 0.15) is 39.0 Å². The van der Waals surface area contributed by atoms with Crippen LogP contribution in [-0.4, -0.2) is 29.9 Å². The van der Waals surface area contributed by atoms with E-state index in [-0.39, 0.29) is 12.0 Å². The Hall–Kier alpha value is -0.570. The molecule has 0 bridgehead atoms. The van der Waals surface area contributed by atoms with Crippen molar-refractivity contribution < 1.29 is 4.79 Å². The molecule has 1 amide bonds. The summed E-state index contributed by atoms with van der Waals surface area (Å²) in [7, 11) is 0. The molecule has 0 aromatic heterocycles. The first kappa shape index (κ1) is 10.9. The van der Waals surface area contributed by atoms with Crippen molar-refractivity contribution in [2.24, 2.45) is 17.6 Å². The van der Waals surface area contributed by atoms with E-state index in [9.17, 15) is 4.79 Å². The second-order valence-corrected chi connectivity index (χ2v) is 5.02. The van der Waals surface area contributed by atoms with Gasteiger partial charge in [0.25, 0.3) is 0 Å². The van der Waals surface area contributed by atoms with Gasteiger partial charge in [0, 0.05) is 19.1 Å². The number of rotatable bonds is 4. The van der Waals surface area contributed by atoms with Crippen LogP contribution in [0.4, 0.5) is 0 Å². The summed E-state index contributed by atoms with van der Waals surface area (Å²) >= 11 is 0. The van der Waals surface area contributed by atoms with Gasteiger partial charge in [0.2, 0.25) is 5.91 Å². The minimum absolute atomic E-state index is 0.115. The van der Waals surface area contributed by atoms with Crippen molar-refractivity contribution in [3.8, 4) is 0 Å². The third-order valence-electron chi connectivity index (χ3n) is 3.76. The van der Waals surface area contributed by atoms with Crippen molar-refractivity contribution in [1.29, 1.82) is 0 Å². The fourth-order valence-electron chi connectivity index (χ4n) is 2.52. The van der Waals surface area contributed by atoms with Gasteiger partial charge in [-0.25, -0.2) is 0 Å². The van der Waals surface area contributed by atoms with Crippen molar-refractivity contribution >= 4 is 5.91 Å². The van der Waals surface area contributed by atoms with E-state index < -0.39 is 0 Å². The Morgan fingerprint density at radius 2 is 2.07 bits per heavy atom. The van der Waals surface area contributed by atoms with E-state index in [4.69, 9.17) is 5.73 Å². The summed E-state index contributed by atoms with van der Waals surface area (Å²) in [5, 5.41) is 0. The van der Waals surface area contributed by atoms with Gasteiger partial charge in [0.05, 0.1) is 5.92 Å². The molecule has 0 aromatic carbocycles. The van der Waals surface area contributed by atoms with Gasteiger partial charge >= 0.3 is 0 Å². The van der Waals surface area contributed by atoms with Crippen LogP contribution in [0.25, 0.3) is 0 Å². The number of hydrogen-bond donors (Lipinski definition) is 1. The smallest absolute Gasteiger partial charge is 0.227 e. The minimum atomic E-state index is 0.115. The van der Waals surface area contributed by atoms with E-state index >= 15 is 0 Å². The predicted molar refractivity (Wildman–Crippen MR) is 60.3 cm³/mol. The predicted octanol–water partition coefficient (Wildman–Crippen LogP) is 1.37. The molecule has 0 aromatic rings. The van der Waals surface area contributed by atoms with Crippen molar-refractivity contribution in [3.05, 3.63) is 0 Å². The highest BCUT2D eigenvalue weighted by atomic mass is 16.2. The third kappa shape index (κ3) is 2.51. The highest BCUT2D eigenvalue weighted by Gasteiger charge is 2.34. The Morgan fingerprint density at radius 3 is 2.53 bits per heavy atom. The van der Waals surface area contributed by atoms with Gasteiger partial charge in [0.15, 0.2) is 0 Å². The Kier molecular flexibility index (Phi) is 3.29. The van der Waals surface area contributed by atoms with E-state index in [0.717, 1.165) is 38.3 Å². The van der Waals surface area contributed by atoms with Crippen LogP contribution in [0, 0.1) is 11.8 Å². The van der Waals surface area contributed by atoms with Gasteiger partial charge in [-0.1, -0.05) is 6.42 Å². The van der Waals surface area contributed by atoms with Crippen molar-refractivity contribution in [2.75, 3.05) is 13.1 Å². The first-order valence-corrected chi connectivity index (χ1v) is 6.26. The summed E-state index contributed by atoms with van der Waals surface area (Å²) in [5.41, 5.74) is 5.97. The number of carbonyl (C=O) groups is 1. The lowest BCUT2D eigenvalue weighted by Gasteiger charge is -2.26. The molecule has 0 heterocycles. The molecule has 2 aliphatic rings. The van der Waals surface area contributed by atoms with Crippen molar-refractivity contribution in [2.45, 2.75) is 45.1 Å². The van der Waals surface area contributed by atoms with Gasteiger partial charge in [-0.3, -0.25) is 4.79 Å². The maximum absolute atomic E-state index is 12.2. The quantitative estimate of drug-likeness (QED) is 0.762. The monoisotopic (exact) mass is 210 g/mol. The zero-order valence-corrected chi connectivity index (χ0v) is 9.61. The fraction of sp³-hybridized carbons (Fsp3) is 0.917. The molecule has 2 atom stereocenters. The topological polar surface area (TPSA) is 46.3 Å². The summed E-state index contributed by atoms with van der Waals surface area (Å²) in [6.07, 6.45) is 5.76. The zero-order valence-electron chi connectivity index (χ0n) is 9.61. The molecule has 2 saturated carbocycles. The third-order valence-corrected chi connectivity index (χ3v) is 3.76. The second kappa shape index (κ2) is 4.52. The highest BCUT2D eigenvalue weighted by Crippen LogP contribution is 2.31. The second-order valence-electron chi connectivity index (χ2n) is 5.02. The van der Waals surface area contributed by atoms with Crippen LogP contribution < -0.4 is 5.73 Å². The molecule has 3 nitrogen and oxygen atoms in total. The Bertz CT molecular complexity index is 238. The highest BCUT2D eigenvalue weighted by molar-refractivity contribution is 5.79. The molecule has 0 spiro atoms. The number of nitrogens with two attached hydrogens (primary N) is 1. The van der Waals surface area contributed by atoms with E-state index in [1.165, 1.54) is 12.8 Å². The molecule has 0 radical (unpaired) electrons. The lowest BCUT2D eigenvalue weighted by molar-refractivity contribution is -0.135. The van der Waals surface area contributed by atoms with Gasteiger partial charge in [0.1, 0.15) is 0 Å². The largest absolute Gasteiger partial charge is 0.342 e. The van der Waals surface area contributed by atoms with Crippen LogP contribution in [0.3, 0.4) is 0 Å². The van der Waals surface area contributed by atoms with Crippen LogP contribution in [0.2, 0.25) is 0 Å². The SMILES string of the molecule is CCN(CC1CC1)C(=O)C1CCCC1N. The number of carbonyl (C=O) groups excluding carboxylic acids is 1. The minimum Gasteiger partial charge on any atom is -0.342 e. The van der Waals surface area contributed by atoms with Gasteiger partial charge in [-0.15, -0.1) is 0 Å². The van der Waals surface area contributed by atoms with E-state index in [1.807, 2.05) is 4.90 Å². The standard InChI is InChI=1S/C12H22N2O/c1-2-14(8-9-6-7-9)12(15)10-4-3-5-11(10)13/h9-11H,2-8,13H2,1H3. The molecule has 3 heteroatoms. The summed E-state index contributed by atoms with van der Waals surface area (Å²) in [5.74, 6) is 1.21.